The van der Waals surface area contributed by atoms with Crippen molar-refractivity contribution in [3.63, 3.8) is 0 Å². The van der Waals surface area contributed by atoms with Gasteiger partial charge in [-0.05, 0) is 87.6 Å². The highest BCUT2D eigenvalue weighted by molar-refractivity contribution is 5.96. The van der Waals surface area contributed by atoms with Crippen molar-refractivity contribution in [2.24, 2.45) is 11.8 Å². The zero-order valence-electron chi connectivity index (χ0n) is 22.7. The third-order valence-corrected chi connectivity index (χ3v) is 8.04. The van der Waals surface area contributed by atoms with Crippen molar-refractivity contribution in [1.29, 1.82) is 0 Å². The molecular formula is C31H42O5. The maximum atomic E-state index is 13.6. The van der Waals surface area contributed by atoms with Crippen LogP contribution in [0.1, 0.15) is 94.6 Å². The zero-order valence-corrected chi connectivity index (χ0v) is 22.7. The van der Waals surface area contributed by atoms with Crippen molar-refractivity contribution in [3.05, 3.63) is 58.7 Å². The second kappa shape index (κ2) is 10.9. The van der Waals surface area contributed by atoms with Crippen LogP contribution in [-0.4, -0.2) is 35.2 Å². The van der Waals surface area contributed by atoms with E-state index in [4.69, 9.17) is 14.2 Å². The Kier molecular flexibility index (Phi) is 8.11. The van der Waals surface area contributed by atoms with Gasteiger partial charge in [0.1, 0.15) is 11.9 Å². The van der Waals surface area contributed by atoms with Crippen molar-refractivity contribution in [2.45, 2.75) is 104 Å². The molecule has 0 radical (unpaired) electrons. The normalized spacial score (nSPS) is 37.7. The highest BCUT2D eigenvalue weighted by atomic mass is 16.7. The molecule has 0 amide bonds. The Labute approximate surface area is 216 Å². The van der Waals surface area contributed by atoms with E-state index in [9.17, 15) is 9.90 Å². The average molecular weight is 495 g/mol. The van der Waals surface area contributed by atoms with Crippen LogP contribution in [0.2, 0.25) is 0 Å². The first-order chi connectivity index (χ1) is 17.0. The predicted molar refractivity (Wildman–Crippen MR) is 143 cm³/mol. The van der Waals surface area contributed by atoms with E-state index < -0.39 is 5.79 Å². The van der Waals surface area contributed by atoms with Crippen molar-refractivity contribution in [1.82, 2.24) is 0 Å². The van der Waals surface area contributed by atoms with Crippen LogP contribution in [0.5, 0.6) is 5.75 Å². The molecule has 1 aromatic rings. The lowest BCUT2D eigenvalue weighted by molar-refractivity contribution is -0.331. The summed E-state index contributed by atoms with van der Waals surface area (Å²) in [5, 5.41) is 10.4. The van der Waals surface area contributed by atoms with Crippen molar-refractivity contribution in [2.75, 3.05) is 0 Å². The maximum Gasteiger partial charge on any atom is 0.339 e. The topological polar surface area (TPSA) is 65.0 Å². The summed E-state index contributed by atoms with van der Waals surface area (Å²) in [4.78, 5) is 13.6. The third kappa shape index (κ3) is 6.12. The number of phenolic OH excluding ortho intramolecular Hbond substituents is 1. The number of hydrogen-bond acceptors (Lipinski definition) is 5. The van der Waals surface area contributed by atoms with Gasteiger partial charge in [0, 0.05) is 19.3 Å². The third-order valence-electron chi connectivity index (χ3n) is 8.04. The van der Waals surface area contributed by atoms with Crippen LogP contribution in [0.3, 0.4) is 0 Å². The number of carbonyl (C=O) groups excluding carboxylic acids is 1. The minimum absolute atomic E-state index is 0.0754. The molecular weight excluding hydrogens is 452 g/mol. The Balaban J connectivity index is 1.72. The van der Waals surface area contributed by atoms with E-state index in [1.54, 1.807) is 19.1 Å². The van der Waals surface area contributed by atoms with E-state index in [0.717, 1.165) is 31.3 Å². The van der Waals surface area contributed by atoms with Crippen LogP contribution in [0.4, 0.5) is 0 Å². The molecule has 3 heterocycles. The first-order valence-corrected chi connectivity index (χ1v) is 13.5. The summed E-state index contributed by atoms with van der Waals surface area (Å²) < 4.78 is 19.3. The molecule has 2 fully saturated rings. The summed E-state index contributed by atoms with van der Waals surface area (Å²) in [5.74, 6) is -0.0581. The smallest absolute Gasteiger partial charge is 0.339 e. The summed E-state index contributed by atoms with van der Waals surface area (Å²) in [6.45, 7) is 12.5. The van der Waals surface area contributed by atoms with Gasteiger partial charge in [-0.25, -0.2) is 4.79 Å². The van der Waals surface area contributed by atoms with Gasteiger partial charge < -0.3 is 19.3 Å². The average Bonchev–Trinajstić information content (AvgIpc) is 2.81. The van der Waals surface area contributed by atoms with Gasteiger partial charge in [-0.3, -0.25) is 0 Å². The number of ether oxygens (including phenoxy) is 3. The van der Waals surface area contributed by atoms with Crippen LogP contribution >= 0.6 is 0 Å². The molecule has 0 aliphatic carbocycles. The largest absolute Gasteiger partial charge is 0.508 e. The number of benzene rings is 1. The molecule has 4 rings (SSSR count). The molecule has 0 aromatic heterocycles. The minimum Gasteiger partial charge on any atom is -0.508 e. The van der Waals surface area contributed by atoms with Crippen LogP contribution < -0.4 is 0 Å². The molecule has 3 aliphatic rings. The van der Waals surface area contributed by atoms with Gasteiger partial charge in [-0.1, -0.05) is 43.7 Å². The van der Waals surface area contributed by atoms with Gasteiger partial charge in [-0.15, -0.1) is 0 Å². The van der Waals surface area contributed by atoms with Crippen LogP contribution in [0.15, 0.2) is 42.0 Å². The van der Waals surface area contributed by atoms with E-state index in [1.165, 1.54) is 5.57 Å². The van der Waals surface area contributed by atoms with E-state index in [1.807, 2.05) is 19.1 Å². The van der Waals surface area contributed by atoms with Gasteiger partial charge >= 0.3 is 5.97 Å². The predicted octanol–water partition coefficient (Wildman–Crippen LogP) is 7.27. The van der Waals surface area contributed by atoms with E-state index >= 15 is 0 Å². The van der Waals surface area contributed by atoms with E-state index in [-0.39, 0.29) is 30.0 Å². The number of hydrogen-bond donors (Lipinski definition) is 1. The lowest BCUT2D eigenvalue weighted by Crippen LogP contribution is -2.53. The SMILES string of the molecule is C/C1=C\C[C@@H]2C[C@@H](C[C@]3(CC[C@H](C)[C@@H](C)O3)O2)OC(=O)c2cc(C)c(O)cc2/C(C)=C/C=C/[C@H](C)C1. The summed E-state index contributed by atoms with van der Waals surface area (Å²) >= 11 is 0. The zero-order chi connectivity index (χ0) is 26.0. The molecule has 5 heteroatoms. The monoisotopic (exact) mass is 494 g/mol. The number of rotatable bonds is 0. The fourth-order valence-electron chi connectivity index (χ4n) is 5.67. The number of aryl methyl sites for hydroxylation is 1. The molecule has 1 spiro atoms. The number of aromatic hydroxyl groups is 1. The number of fused-ring (bicyclic) bond motifs is 3. The maximum absolute atomic E-state index is 13.6. The molecule has 36 heavy (non-hydrogen) atoms. The fourth-order valence-corrected chi connectivity index (χ4v) is 5.67. The highest BCUT2D eigenvalue weighted by Gasteiger charge is 2.47. The Bertz CT molecular complexity index is 1070. The summed E-state index contributed by atoms with van der Waals surface area (Å²) in [5.41, 5.74) is 4.05. The highest BCUT2D eigenvalue weighted by Crippen LogP contribution is 2.43. The van der Waals surface area contributed by atoms with Crippen molar-refractivity contribution < 1.29 is 24.1 Å². The lowest BCUT2D eigenvalue weighted by atomic mass is 9.86. The lowest BCUT2D eigenvalue weighted by Gasteiger charge is -2.49. The molecule has 3 aliphatic heterocycles. The minimum atomic E-state index is -0.716. The molecule has 1 N–H and O–H groups in total. The number of allylic oxidation sites excluding steroid dienone is 5. The fraction of sp³-hybridized carbons (Fsp3) is 0.581. The quantitative estimate of drug-likeness (QED) is 0.303. The molecule has 6 atom stereocenters. The van der Waals surface area contributed by atoms with Crippen LogP contribution in [-0.2, 0) is 14.2 Å². The van der Waals surface area contributed by atoms with Gasteiger partial charge in [0.15, 0.2) is 5.79 Å². The Hall–Kier alpha value is -2.37. The molecule has 2 bridgehead atoms. The Morgan fingerprint density at radius 1 is 1.03 bits per heavy atom. The number of carbonyl (C=O) groups is 1. The molecule has 5 nitrogen and oxygen atoms in total. The molecule has 0 saturated carbocycles. The van der Waals surface area contributed by atoms with Gasteiger partial charge in [-0.2, -0.15) is 0 Å². The van der Waals surface area contributed by atoms with E-state index in [0.29, 0.717) is 41.4 Å². The molecule has 0 unspecified atom stereocenters. The van der Waals surface area contributed by atoms with Crippen LogP contribution in [0, 0.1) is 18.8 Å². The standard InChI is InChI=1S/C31H42O5/c1-19-8-7-9-22(4)27-17-29(32)23(5)15-28(27)30(33)34-26-16-25(11-10-20(2)14-19)36-31(18-26)13-12-21(3)24(6)35-31/h7-10,15,17,19,21,24-26,32H,11-14,16,18H2,1-6H3/b8-7+,20-10+,22-9+/t19-,21-,24+,25+,26-,31-/m0/s1. The first-order valence-electron chi connectivity index (χ1n) is 13.5. The summed E-state index contributed by atoms with van der Waals surface area (Å²) in [6, 6.07) is 3.41. The first kappa shape index (κ1) is 26.7. The molecule has 196 valence electrons. The second-order valence-electron chi connectivity index (χ2n) is 11.3. The van der Waals surface area contributed by atoms with Crippen molar-refractivity contribution in [3.8, 4) is 5.75 Å². The molecule has 2 saturated heterocycles. The van der Waals surface area contributed by atoms with Crippen molar-refractivity contribution >= 4 is 11.5 Å². The van der Waals surface area contributed by atoms with Gasteiger partial charge in [0.05, 0.1) is 17.8 Å². The summed E-state index contributed by atoms with van der Waals surface area (Å²) in [7, 11) is 0. The second-order valence-corrected chi connectivity index (χ2v) is 11.3. The Morgan fingerprint density at radius 2 is 1.81 bits per heavy atom. The Morgan fingerprint density at radius 3 is 2.56 bits per heavy atom. The van der Waals surface area contributed by atoms with Crippen LogP contribution in [0.25, 0.3) is 5.57 Å². The summed E-state index contributed by atoms with van der Waals surface area (Å²) in [6.07, 6.45) is 13.0. The van der Waals surface area contributed by atoms with Gasteiger partial charge in [0.2, 0.25) is 0 Å². The van der Waals surface area contributed by atoms with Gasteiger partial charge in [0.25, 0.3) is 0 Å². The number of phenols is 1. The van der Waals surface area contributed by atoms with E-state index in [2.05, 4.69) is 39.8 Å². The number of esters is 1. The molecule has 1 aromatic carbocycles.